The largest absolute Gasteiger partial charge is 0.378 e. The molecular weight excluding hydrogens is 357 g/mol. The van der Waals surface area contributed by atoms with Crippen molar-refractivity contribution in [2.45, 2.75) is 12.5 Å². The van der Waals surface area contributed by atoms with Crippen molar-refractivity contribution in [1.82, 2.24) is 5.01 Å². The van der Waals surface area contributed by atoms with Crippen molar-refractivity contribution >= 4 is 40.5 Å². The van der Waals surface area contributed by atoms with Crippen LogP contribution in [0.15, 0.2) is 53.6 Å². The van der Waals surface area contributed by atoms with Gasteiger partial charge in [0.2, 0.25) is 0 Å². The molecule has 1 unspecified atom stereocenters. The number of benzene rings is 2. The van der Waals surface area contributed by atoms with Crippen molar-refractivity contribution in [3.05, 3.63) is 64.7 Å². The molecule has 6 heteroatoms. The number of halogens is 2. The highest BCUT2D eigenvalue weighted by atomic mass is 35.5. The van der Waals surface area contributed by atoms with Crippen molar-refractivity contribution in [3.8, 4) is 0 Å². The summed E-state index contributed by atoms with van der Waals surface area (Å²) in [5.74, 6) is -0.323. The van der Waals surface area contributed by atoms with Gasteiger partial charge < -0.3 is 4.90 Å². The number of hydrogen-bond donors (Lipinski definition) is 0. The number of nitrogens with zero attached hydrogens (tertiary/aromatic N) is 3. The second-order valence-corrected chi connectivity index (χ2v) is 6.78. The molecule has 4 nitrogen and oxygen atoms in total. The average Bonchev–Trinajstić information content (AvgIpc) is 3.06. The number of anilines is 1. The molecule has 1 atom stereocenters. The Balaban J connectivity index is 1.94. The van der Waals surface area contributed by atoms with Gasteiger partial charge in [-0.3, -0.25) is 4.79 Å². The van der Waals surface area contributed by atoms with E-state index in [0.29, 0.717) is 11.4 Å². The summed E-state index contributed by atoms with van der Waals surface area (Å²) < 4.78 is 0. The van der Waals surface area contributed by atoms with E-state index in [1.807, 2.05) is 67.5 Å². The molecule has 0 spiro atoms. The third kappa shape index (κ3) is 3.65. The van der Waals surface area contributed by atoms with E-state index in [4.69, 9.17) is 23.2 Å². The molecule has 130 valence electrons. The third-order valence-electron chi connectivity index (χ3n) is 4.26. The van der Waals surface area contributed by atoms with Gasteiger partial charge in [-0.2, -0.15) is 5.10 Å². The summed E-state index contributed by atoms with van der Waals surface area (Å²) in [5.41, 5.74) is 3.77. The first-order chi connectivity index (χ1) is 12.0. The standard InChI is InChI=1S/C19H19Cl2N3O/c1-23(2)14-9-7-13(8-10-14)18-11-17(22-24(18)19(25)12-20)15-5-3-4-6-16(15)21/h3-10,18H,11-12H2,1-2H3. The fourth-order valence-electron chi connectivity index (χ4n) is 2.91. The van der Waals surface area contributed by atoms with Crippen LogP contribution in [0.25, 0.3) is 0 Å². The first-order valence-corrected chi connectivity index (χ1v) is 8.90. The Morgan fingerprint density at radius 2 is 1.88 bits per heavy atom. The van der Waals surface area contributed by atoms with E-state index in [9.17, 15) is 4.79 Å². The summed E-state index contributed by atoms with van der Waals surface area (Å²) in [7, 11) is 3.99. The number of hydrazone groups is 1. The van der Waals surface area contributed by atoms with Crippen LogP contribution in [0.4, 0.5) is 5.69 Å². The monoisotopic (exact) mass is 375 g/mol. The minimum Gasteiger partial charge on any atom is -0.378 e. The van der Waals surface area contributed by atoms with E-state index in [1.165, 1.54) is 5.01 Å². The summed E-state index contributed by atoms with van der Waals surface area (Å²) in [4.78, 5) is 14.3. The molecule has 0 saturated heterocycles. The molecule has 0 radical (unpaired) electrons. The van der Waals surface area contributed by atoms with Gasteiger partial charge in [-0.15, -0.1) is 11.6 Å². The number of carbonyl (C=O) groups excluding carboxylic acids is 1. The van der Waals surface area contributed by atoms with Crippen LogP contribution in [-0.4, -0.2) is 36.6 Å². The van der Waals surface area contributed by atoms with Crippen LogP contribution in [-0.2, 0) is 4.79 Å². The predicted octanol–water partition coefficient (Wildman–Crippen LogP) is 4.32. The van der Waals surface area contributed by atoms with Crippen molar-refractivity contribution in [2.75, 3.05) is 24.9 Å². The van der Waals surface area contributed by atoms with Crippen molar-refractivity contribution < 1.29 is 4.79 Å². The molecule has 2 aromatic rings. The van der Waals surface area contributed by atoms with E-state index in [-0.39, 0.29) is 17.8 Å². The Labute approximate surface area is 157 Å². The second kappa shape index (κ2) is 7.46. The van der Waals surface area contributed by atoms with Crippen molar-refractivity contribution in [2.24, 2.45) is 5.10 Å². The van der Waals surface area contributed by atoms with Gasteiger partial charge in [0.05, 0.1) is 11.8 Å². The zero-order valence-corrected chi connectivity index (χ0v) is 15.6. The molecule has 0 bridgehead atoms. The summed E-state index contributed by atoms with van der Waals surface area (Å²) >= 11 is 12.1. The molecule has 1 amide bonds. The van der Waals surface area contributed by atoms with Crippen molar-refractivity contribution in [1.29, 1.82) is 0 Å². The maximum Gasteiger partial charge on any atom is 0.258 e. The van der Waals surface area contributed by atoms with E-state index in [2.05, 4.69) is 5.10 Å². The Hall–Kier alpha value is -2.04. The van der Waals surface area contributed by atoms with Crippen LogP contribution in [0.2, 0.25) is 5.02 Å². The smallest absolute Gasteiger partial charge is 0.258 e. The van der Waals surface area contributed by atoms with Crippen LogP contribution >= 0.6 is 23.2 Å². The number of hydrogen-bond acceptors (Lipinski definition) is 3. The molecular formula is C19H19Cl2N3O. The lowest BCUT2D eigenvalue weighted by molar-refractivity contribution is -0.130. The van der Waals surface area contributed by atoms with E-state index in [0.717, 1.165) is 22.5 Å². The van der Waals surface area contributed by atoms with Gasteiger partial charge in [0.1, 0.15) is 5.88 Å². The van der Waals surface area contributed by atoms with Gasteiger partial charge in [-0.25, -0.2) is 5.01 Å². The lowest BCUT2D eigenvalue weighted by atomic mass is 9.98. The van der Waals surface area contributed by atoms with Gasteiger partial charge in [-0.1, -0.05) is 41.9 Å². The molecule has 25 heavy (non-hydrogen) atoms. The maximum atomic E-state index is 12.3. The quantitative estimate of drug-likeness (QED) is 0.745. The summed E-state index contributed by atoms with van der Waals surface area (Å²) in [6.45, 7) is 0. The molecule has 3 rings (SSSR count). The lowest BCUT2D eigenvalue weighted by Crippen LogP contribution is -2.28. The molecule has 0 fully saturated rings. The Morgan fingerprint density at radius 3 is 2.48 bits per heavy atom. The first kappa shape index (κ1) is 17.8. The minimum absolute atomic E-state index is 0.106. The fourth-order valence-corrected chi connectivity index (χ4v) is 3.28. The van der Waals surface area contributed by atoms with Crippen LogP contribution < -0.4 is 4.90 Å². The third-order valence-corrected chi connectivity index (χ3v) is 4.82. The van der Waals surface area contributed by atoms with Crippen molar-refractivity contribution in [3.63, 3.8) is 0 Å². The number of amides is 1. The zero-order valence-electron chi connectivity index (χ0n) is 14.1. The maximum absolute atomic E-state index is 12.3. The molecule has 0 N–H and O–H groups in total. The number of rotatable bonds is 4. The highest BCUT2D eigenvalue weighted by molar-refractivity contribution is 6.34. The van der Waals surface area contributed by atoms with E-state index < -0.39 is 0 Å². The van der Waals surface area contributed by atoms with Crippen LogP contribution in [0.1, 0.15) is 23.6 Å². The van der Waals surface area contributed by atoms with E-state index in [1.54, 1.807) is 0 Å². The van der Waals surface area contributed by atoms with Gasteiger partial charge in [0.25, 0.3) is 5.91 Å². The SMILES string of the molecule is CN(C)c1ccc(C2CC(c3ccccc3Cl)=NN2C(=O)CCl)cc1. The highest BCUT2D eigenvalue weighted by Crippen LogP contribution is 2.35. The zero-order chi connectivity index (χ0) is 18.0. The number of alkyl halides is 1. The molecule has 0 aromatic heterocycles. The topological polar surface area (TPSA) is 35.9 Å². The van der Waals surface area contributed by atoms with Crippen LogP contribution in [0, 0.1) is 0 Å². The Kier molecular flexibility index (Phi) is 5.30. The van der Waals surface area contributed by atoms with E-state index >= 15 is 0 Å². The molecule has 1 aliphatic heterocycles. The lowest BCUT2D eigenvalue weighted by Gasteiger charge is -2.22. The molecule has 1 heterocycles. The van der Waals surface area contributed by atoms with Gasteiger partial charge in [0.15, 0.2) is 0 Å². The van der Waals surface area contributed by atoms with Gasteiger partial charge in [-0.05, 0) is 23.8 Å². The summed E-state index contributed by atoms with van der Waals surface area (Å²) in [5, 5.41) is 6.64. The highest BCUT2D eigenvalue weighted by Gasteiger charge is 2.33. The van der Waals surface area contributed by atoms with Crippen LogP contribution in [0.5, 0.6) is 0 Å². The van der Waals surface area contributed by atoms with Gasteiger partial charge in [0, 0.05) is 36.8 Å². The molecule has 1 aliphatic rings. The normalized spacial score (nSPS) is 16.7. The summed E-state index contributed by atoms with van der Waals surface area (Å²) in [6.07, 6.45) is 0.605. The molecule has 2 aromatic carbocycles. The molecule has 0 saturated carbocycles. The number of carbonyl (C=O) groups is 1. The second-order valence-electron chi connectivity index (χ2n) is 6.10. The Morgan fingerprint density at radius 1 is 1.20 bits per heavy atom. The van der Waals surface area contributed by atoms with Crippen LogP contribution in [0.3, 0.4) is 0 Å². The van der Waals surface area contributed by atoms with Gasteiger partial charge >= 0.3 is 0 Å². The first-order valence-electron chi connectivity index (χ1n) is 7.99. The molecule has 0 aliphatic carbocycles. The minimum atomic E-state index is -0.217. The fraction of sp³-hybridized carbons (Fsp3) is 0.263. The average molecular weight is 376 g/mol. The summed E-state index contributed by atoms with van der Waals surface area (Å²) in [6, 6.07) is 15.5. The predicted molar refractivity (Wildman–Crippen MR) is 104 cm³/mol. The Bertz CT molecular complexity index is 803.